The SMILES string of the molecule is COc1ccc(/C(=N/c2ccc(NS(C)(=O)=O)cc2)N2CCCc3cc(C4=NN(C)C(=O)SC4(C)C)ccc32)cc1OC. The van der Waals surface area contributed by atoms with Gasteiger partial charge in [-0.3, -0.25) is 9.52 Å². The Morgan fingerprint density at radius 3 is 2.42 bits per heavy atom. The molecule has 0 radical (unpaired) electrons. The second-order valence-corrected chi connectivity index (χ2v) is 14.2. The highest BCUT2D eigenvalue weighted by atomic mass is 32.2. The van der Waals surface area contributed by atoms with E-state index in [1.54, 1.807) is 45.5 Å². The third-order valence-electron chi connectivity index (χ3n) is 7.20. The Morgan fingerprint density at radius 2 is 1.74 bits per heavy atom. The molecule has 0 fully saturated rings. The highest BCUT2D eigenvalue weighted by Gasteiger charge is 2.37. The average Bonchev–Trinajstić information content (AvgIpc) is 2.96. The highest BCUT2D eigenvalue weighted by molar-refractivity contribution is 8.15. The number of hydrogen-bond donors (Lipinski definition) is 1. The molecule has 2 aliphatic heterocycles. The predicted molar refractivity (Wildman–Crippen MR) is 174 cm³/mol. The number of carbonyl (C=O) groups excluding carboxylic acids is 1. The van der Waals surface area contributed by atoms with Crippen LogP contribution in [0.4, 0.5) is 21.9 Å². The first-order valence-corrected chi connectivity index (χ1v) is 16.4. The lowest BCUT2D eigenvalue weighted by Gasteiger charge is -2.35. The quantitative estimate of drug-likeness (QED) is 0.259. The molecule has 1 N–H and O–H groups in total. The fourth-order valence-electron chi connectivity index (χ4n) is 5.21. The summed E-state index contributed by atoms with van der Waals surface area (Å²) in [6, 6.07) is 19.0. The zero-order chi connectivity index (χ0) is 30.9. The van der Waals surface area contributed by atoms with Crippen molar-refractivity contribution in [2.24, 2.45) is 10.1 Å². The van der Waals surface area contributed by atoms with Crippen LogP contribution in [0.5, 0.6) is 11.5 Å². The van der Waals surface area contributed by atoms with Gasteiger partial charge in [0.05, 0.1) is 36.6 Å². The van der Waals surface area contributed by atoms with Gasteiger partial charge in [0.15, 0.2) is 11.5 Å². The first-order valence-electron chi connectivity index (χ1n) is 13.7. The minimum Gasteiger partial charge on any atom is -0.493 e. The third-order valence-corrected chi connectivity index (χ3v) is 8.95. The van der Waals surface area contributed by atoms with Gasteiger partial charge in [-0.15, -0.1) is 0 Å². The molecular formula is C31H35N5O5S2. The van der Waals surface area contributed by atoms with Crippen molar-refractivity contribution in [1.29, 1.82) is 0 Å². The van der Waals surface area contributed by atoms with Gasteiger partial charge in [0, 0.05) is 30.5 Å². The van der Waals surface area contributed by atoms with Crippen molar-refractivity contribution in [2.75, 3.05) is 43.7 Å². The Bertz CT molecular complexity index is 1720. The second kappa shape index (κ2) is 11.9. The number of rotatable bonds is 7. The van der Waals surface area contributed by atoms with E-state index in [0.29, 0.717) is 22.9 Å². The molecule has 2 heterocycles. The molecule has 0 aromatic heterocycles. The largest absolute Gasteiger partial charge is 0.493 e. The zero-order valence-corrected chi connectivity index (χ0v) is 26.7. The van der Waals surface area contributed by atoms with E-state index in [2.05, 4.69) is 32.9 Å². The second-order valence-electron chi connectivity index (χ2n) is 10.9. The Hall–Kier alpha value is -4.03. The molecule has 226 valence electrons. The van der Waals surface area contributed by atoms with Gasteiger partial charge < -0.3 is 14.4 Å². The Kier molecular flexibility index (Phi) is 8.44. The minimum atomic E-state index is -3.39. The molecule has 0 aliphatic carbocycles. The fraction of sp³-hybridized carbons (Fsp3) is 0.323. The molecule has 0 saturated heterocycles. The maximum atomic E-state index is 12.3. The number of nitrogens with zero attached hydrogens (tertiary/aromatic N) is 4. The van der Waals surface area contributed by atoms with Crippen LogP contribution in [0.15, 0.2) is 70.8 Å². The average molecular weight is 622 g/mol. The van der Waals surface area contributed by atoms with Gasteiger partial charge in [0.2, 0.25) is 10.0 Å². The normalized spacial score (nSPS) is 16.8. The van der Waals surface area contributed by atoms with E-state index < -0.39 is 14.8 Å². The maximum absolute atomic E-state index is 12.3. The van der Waals surface area contributed by atoms with Crippen molar-refractivity contribution in [2.45, 2.75) is 31.4 Å². The Labute approximate surface area is 256 Å². The number of ether oxygens (including phenoxy) is 2. The van der Waals surface area contributed by atoms with E-state index in [4.69, 9.17) is 14.5 Å². The highest BCUT2D eigenvalue weighted by Crippen LogP contribution is 2.38. The Morgan fingerprint density at radius 1 is 1.02 bits per heavy atom. The van der Waals surface area contributed by atoms with E-state index in [-0.39, 0.29) is 5.24 Å². The van der Waals surface area contributed by atoms with Crippen LogP contribution in [0.2, 0.25) is 0 Å². The number of amidine groups is 1. The van der Waals surface area contributed by atoms with Gasteiger partial charge in [-0.2, -0.15) is 5.10 Å². The molecule has 5 rings (SSSR count). The van der Waals surface area contributed by atoms with E-state index in [1.807, 2.05) is 32.0 Å². The lowest BCUT2D eigenvalue weighted by molar-refractivity contribution is 0.234. The standard InChI is InChI=1S/C31H35N5O5S2/c1-31(2)28(33-35(3)30(37)42-31)21-9-15-25-20(18-21)8-7-17-36(25)29(22-10-16-26(40-4)27(19-22)41-5)32-23-11-13-24(14-12-23)34-43(6,38)39/h9-16,18-19,34H,7-8,17H2,1-6H3/b32-29-. The zero-order valence-electron chi connectivity index (χ0n) is 25.0. The smallest absolute Gasteiger partial charge is 0.302 e. The monoisotopic (exact) mass is 621 g/mol. The van der Waals surface area contributed by atoms with Gasteiger partial charge in [-0.05, 0) is 92.4 Å². The van der Waals surface area contributed by atoms with Crippen LogP contribution in [0, 0.1) is 0 Å². The van der Waals surface area contributed by atoms with E-state index >= 15 is 0 Å². The molecule has 0 unspecified atom stereocenters. The molecule has 0 spiro atoms. The fourth-order valence-corrected chi connectivity index (χ4v) is 6.64. The molecule has 2 aliphatic rings. The molecular weight excluding hydrogens is 587 g/mol. The van der Waals surface area contributed by atoms with Gasteiger partial charge in [-0.1, -0.05) is 17.8 Å². The number of benzene rings is 3. The van der Waals surface area contributed by atoms with Gasteiger partial charge in [-0.25, -0.2) is 18.4 Å². The summed E-state index contributed by atoms with van der Waals surface area (Å²) >= 11 is 1.27. The molecule has 0 saturated carbocycles. The third kappa shape index (κ3) is 6.65. The summed E-state index contributed by atoms with van der Waals surface area (Å²) in [5.41, 5.74) is 5.99. The number of nitrogens with one attached hydrogen (secondary N) is 1. The van der Waals surface area contributed by atoms with Crippen molar-refractivity contribution in [1.82, 2.24) is 5.01 Å². The first-order chi connectivity index (χ1) is 20.4. The van der Waals surface area contributed by atoms with E-state index in [9.17, 15) is 13.2 Å². The number of carbonyl (C=O) groups is 1. The molecule has 3 aromatic rings. The van der Waals surface area contributed by atoms with Crippen LogP contribution in [0.3, 0.4) is 0 Å². The number of aryl methyl sites for hydroxylation is 1. The molecule has 10 nitrogen and oxygen atoms in total. The van der Waals surface area contributed by atoms with Crippen LogP contribution < -0.4 is 19.1 Å². The van der Waals surface area contributed by atoms with Crippen LogP contribution in [0.25, 0.3) is 0 Å². The number of hydrogen-bond acceptors (Lipinski definition) is 8. The number of aliphatic imine (C=N–C) groups is 1. The predicted octanol–water partition coefficient (Wildman–Crippen LogP) is 5.89. The summed E-state index contributed by atoms with van der Waals surface area (Å²) in [7, 11) is 1.48. The lowest BCUT2D eigenvalue weighted by Crippen LogP contribution is -2.40. The number of fused-ring (bicyclic) bond motifs is 1. The summed E-state index contributed by atoms with van der Waals surface area (Å²) in [4.78, 5) is 19.6. The van der Waals surface area contributed by atoms with Gasteiger partial charge in [0.1, 0.15) is 5.84 Å². The number of thioether (sulfide) groups is 1. The van der Waals surface area contributed by atoms with Crippen LogP contribution in [-0.2, 0) is 16.4 Å². The molecule has 12 heteroatoms. The Balaban J connectivity index is 1.59. The van der Waals surface area contributed by atoms with Crippen molar-refractivity contribution in [3.63, 3.8) is 0 Å². The number of methoxy groups -OCH3 is 2. The van der Waals surface area contributed by atoms with Crippen molar-refractivity contribution in [3.8, 4) is 11.5 Å². The van der Waals surface area contributed by atoms with Crippen LogP contribution in [0.1, 0.15) is 37.0 Å². The summed E-state index contributed by atoms with van der Waals surface area (Å²) in [6.07, 6.45) is 2.91. The number of amides is 1. The topological polar surface area (TPSA) is 113 Å². The van der Waals surface area contributed by atoms with Gasteiger partial charge in [0.25, 0.3) is 0 Å². The summed E-state index contributed by atoms with van der Waals surface area (Å²) in [5.74, 6) is 1.92. The van der Waals surface area contributed by atoms with Crippen molar-refractivity contribution in [3.05, 3.63) is 77.4 Å². The molecule has 3 aromatic carbocycles. The lowest BCUT2D eigenvalue weighted by atomic mass is 9.93. The number of sulfonamides is 1. The summed E-state index contributed by atoms with van der Waals surface area (Å²) in [5, 5.41) is 5.95. The molecule has 0 atom stereocenters. The first kappa shape index (κ1) is 30.4. The van der Waals surface area contributed by atoms with E-state index in [0.717, 1.165) is 59.6 Å². The summed E-state index contributed by atoms with van der Waals surface area (Å²) in [6.45, 7) is 4.78. The maximum Gasteiger partial charge on any atom is 0.302 e. The van der Waals surface area contributed by atoms with Crippen LogP contribution in [-0.4, -0.2) is 69.0 Å². The minimum absolute atomic E-state index is 0.0752. The number of hydrazone groups is 1. The van der Waals surface area contributed by atoms with Crippen molar-refractivity contribution >= 4 is 55.6 Å². The van der Waals surface area contributed by atoms with E-state index in [1.165, 1.54) is 16.8 Å². The molecule has 1 amide bonds. The number of anilines is 2. The van der Waals surface area contributed by atoms with Gasteiger partial charge >= 0.3 is 5.24 Å². The van der Waals surface area contributed by atoms with Crippen LogP contribution >= 0.6 is 11.8 Å². The van der Waals surface area contributed by atoms with Crippen molar-refractivity contribution < 1.29 is 22.7 Å². The molecule has 43 heavy (non-hydrogen) atoms. The molecule has 0 bridgehead atoms. The summed E-state index contributed by atoms with van der Waals surface area (Å²) < 4.78 is 36.5.